The lowest BCUT2D eigenvalue weighted by Crippen LogP contribution is -2.23. The number of carbonyl (C=O) groups is 1. The zero-order valence-electron chi connectivity index (χ0n) is 17.5. The van der Waals surface area contributed by atoms with E-state index in [0.717, 1.165) is 10.4 Å². The number of aryl methyl sites for hydroxylation is 1. The summed E-state index contributed by atoms with van der Waals surface area (Å²) in [4.78, 5) is 34.9. The number of thiophene rings is 1. The molecule has 0 aliphatic rings. The Morgan fingerprint density at radius 3 is 2.79 bits per heavy atom. The van der Waals surface area contributed by atoms with Crippen molar-refractivity contribution < 1.29 is 9.32 Å². The Kier molecular flexibility index (Phi) is 5.77. The van der Waals surface area contributed by atoms with Crippen LogP contribution in [0.25, 0.3) is 21.6 Å². The first-order valence-corrected chi connectivity index (χ1v) is 11.2. The third kappa shape index (κ3) is 4.58. The minimum atomic E-state index is -0.202. The summed E-state index contributed by atoms with van der Waals surface area (Å²) < 4.78 is 6.85. The number of amides is 1. The third-order valence-corrected chi connectivity index (χ3v) is 6.02. The second kappa shape index (κ2) is 9.17. The summed E-state index contributed by atoms with van der Waals surface area (Å²) in [6, 6.07) is 18.5. The summed E-state index contributed by atoms with van der Waals surface area (Å²) in [7, 11) is 0. The van der Waals surface area contributed by atoms with Crippen LogP contribution in [-0.4, -0.2) is 25.6 Å². The van der Waals surface area contributed by atoms with E-state index < -0.39 is 0 Å². The van der Waals surface area contributed by atoms with Crippen LogP contribution in [0.4, 0.5) is 5.69 Å². The number of rotatable bonds is 7. The van der Waals surface area contributed by atoms with Crippen LogP contribution >= 0.6 is 11.3 Å². The van der Waals surface area contributed by atoms with Crippen molar-refractivity contribution in [3.63, 3.8) is 0 Å². The molecule has 1 amide bonds. The highest BCUT2D eigenvalue weighted by molar-refractivity contribution is 7.13. The van der Waals surface area contributed by atoms with Gasteiger partial charge in [0.15, 0.2) is 0 Å². The summed E-state index contributed by atoms with van der Waals surface area (Å²) in [6.45, 7) is 0.235. The molecule has 0 aliphatic heterocycles. The number of anilines is 1. The Balaban J connectivity index is 1.26. The largest absolute Gasteiger partial charge is 0.339 e. The summed E-state index contributed by atoms with van der Waals surface area (Å²) in [5.41, 5.74) is 2.01. The van der Waals surface area contributed by atoms with Crippen LogP contribution in [0.15, 0.2) is 81.7 Å². The molecule has 33 heavy (non-hydrogen) atoms. The van der Waals surface area contributed by atoms with E-state index in [2.05, 4.69) is 20.4 Å². The van der Waals surface area contributed by atoms with Gasteiger partial charge in [0.1, 0.15) is 0 Å². The topological polar surface area (TPSA) is 103 Å². The maximum atomic E-state index is 12.6. The first-order chi connectivity index (χ1) is 16.2. The SMILES string of the molecule is O=C(CCn1cnc2ccccc2c1=O)Nc1ccccc1Cc1nc(-c2cccs2)no1. The second-order valence-electron chi connectivity index (χ2n) is 7.38. The standard InChI is InChI=1S/C24H19N5O3S/c30-21(11-12-29-15-25-19-9-4-2-7-17(19)24(29)31)26-18-8-3-1-6-16(18)14-22-27-23(28-32-22)20-10-5-13-33-20/h1-10,13,15H,11-12,14H2,(H,26,30). The maximum absolute atomic E-state index is 12.6. The summed E-state index contributed by atoms with van der Waals surface area (Å²) >= 11 is 1.54. The highest BCUT2D eigenvalue weighted by Gasteiger charge is 2.13. The number of nitrogens with one attached hydrogen (secondary N) is 1. The monoisotopic (exact) mass is 457 g/mol. The van der Waals surface area contributed by atoms with Gasteiger partial charge in [-0.3, -0.25) is 14.2 Å². The molecule has 5 aromatic rings. The van der Waals surface area contributed by atoms with Crippen LogP contribution in [-0.2, 0) is 17.8 Å². The molecule has 3 aromatic heterocycles. The van der Waals surface area contributed by atoms with Crippen LogP contribution < -0.4 is 10.9 Å². The van der Waals surface area contributed by atoms with E-state index in [1.54, 1.807) is 29.5 Å². The van der Waals surface area contributed by atoms with Crippen LogP contribution in [0.2, 0.25) is 0 Å². The van der Waals surface area contributed by atoms with E-state index in [-0.39, 0.29) is 24.4 Å². The molecule has 0 unspecified atom stereocenters. The van der Waals surface area contributed by atoms with Crippen molar-refractivity contribution in [2.45, 2.75) is 19.4 Å². The van der Waals surface area contributed by atoms with Gasteiger partial charge in [-0.05, 0) is 35.2 Å². The van der Waals surface area contributed by atoms with Gasteiger partial charge in [-0.1, -0.05) is 41.6 Å². The highest BCUT2D eigenvalue weighted by Crippen LogP contribution is 2.23. The first-order valence-electron chi connectivity index (χ1n) is 10.4. The Labute approximate surface area is 192 Å². The fraction of sp³-hybridized carbons (Fsp3) is 0.125. The molecule has 1 N–H and O–H groups in total. The number of para-hydroxylation sites is 2. The quantitative estimate of drug-likeness (QED) is 0.394. The number of nitrogens with zero attached hydrogens (tertiary/aromatic N) is 4. The van der Waals surface area contributed by atoms with Gasteiger partial charge in [0.05, 0.1) is 28.5 Å². The number of fused-ring (bicyclic) bond motifs is 1. The molecule has 0 fully saturated rings. The molecule has 0 saturated carbocycles. The normalized spacial score (nSPS) is 11.0. The predicted molar refractivity (Wildman–Crippen MR) is 126 cm³/mol. The van der Waals surface area contributed by atoms with Crippen molar-refractivity contribution >= 4 is 33.8 Å². The van der Waals surface area contributed by atoms with E-state index in [1.807, 2.05) is 47.8 Å². The number of hydrogen-bond donors (Lipinski definition) is 1. The summed E-state index contributed by atoms with van der Waals surface area (Å²) in [5, 5.41) is 9.46. The van der Waals surface area contributed by atoms with Crippen LogP contribution in [0, 0.1) is 0 Å². The lowest BCUT2D eigenvalue weighted by Gasteiger charge is -2.11. The Bertz CT molecular complexity index is 1470. The third-order valence-electron chi connectivity index (χ3n) is 5.15. The molecular weight excluding hydrogens is 438 g/mol. The Hall–Kier alpha value is -4.11. The molecule has 9 heteroatoms. The minimum absolute atomic E-state index is 0.136. The molecule has 0 saturated heterocycles. The number of benzene rings is 2. The van der Waals surface area contributed by atoms with Crippen molar-refractivity contribution in [2.24, 2.45) is 0 Å². The maximum Gasteiger partial charge on any atom is 0.261 e. The summed E-state index contributed by atoms with van der Waals surface area (Å²) in [5.74, 6) is 0.817. The van der Waals surface area contributed by atoms with Crippen LogP contribution in [0.1, 0.15) is 17.9 Å². The average molecular weight is 458 g/mol. The molecule has 164 valence electrons. The predicted octanol–water partition coefficient (Wildman–Crippen LogP) is 4.13. The first kappa shape index (κ1) is 20.8. The van der Waals surface area contributed by atoms with E-state index in [9.17, 15) is 9.59 Å². The van der Waals surface area contributed by atoms with E-state index >= 15 is 0 Å². The number of hydrogen-bond acceptors (Lipinski definition) is 7. The van der Waals surface area contributed by atoms with E-state index in [4.69, 9.17) is 4.52 Å². The van der Waals surface area contributed by atoms with Crippen LogP contribution in [0.5, 0.6) is 0 Å². The fourth-order valence-electron chi connectivity index (χ4n) is 3.49. The zero-order chi connectivity index (χ0) is 22.6. The second-order valence-corrected chi connectivity index (χ2v) is 8.33. The number of aromatic nitrogens is 4. The Morgan fingerprint density at radius 2 is 1.91 bits per heavy atom. The van der Waals surface area contributed by atoms with Gasteiger partial charge in [-0.15, -0.1) is 11.3 Å². The zero-order valence-corrected chi connectivity index (χ0v) is 18.3. The molecule has 0 atom stereocenters. The molecular formula is C24H19N5O3S. The fourth-order valence-corrected chi connectivity index (χ4v) is 4.14. The van der Waals surface area contributed by atoms with Gasteiger partial charge in [-0.25, -0.2) is 4.98 Å². The summed E-state index contributed by atoms with van der Waals surface area (Å²) in [6.07, 6.45) is 2.01. The van der Waals surface area contributed by atoms with Gasteiger partial charge >= 0.3 is 0 Å². The molecule has 0 spiro atoms. The minimum Gasteiger partial charge on any atom is -0.339 e. The van der Waals surface area contributed by atoms with Gasteiger partial charge in [0.25, 0.3) is 5.56 Å². The molecule has 0 aliphatic carbocycles. The molecule has 2 aromatic carbocycles. The smallest absolute Gasteiger partial charge is 0.261 e. The van der Waals surface area contributed by atoms with Crippen molar-refractivity contribution in [1.82, 2.24) is 19.7 Å². The van der Waals surface area contributed by atoms with Gasteiger partial charge in [0.2, 0.25) is 17.6 Å². The lowest BCUT2D eigenvalue weighted by atomic mass is 10.1. The molecule has 0 bridgehead atoms. The van der Waals surface area contributed by atoms with Gasteiger partial charge in [0, 0.05) is 18.7 Å². The van der Waals surface area contributed by atoms with Crippen molar-refractivity contribution in [1.29, 1.82) is 0 Å². The molecule has 0 radical (unpaired) electrons. The van der Waals surface area contributed by atoms with E-state index in [1.165, 1.54) is 10.9 Å². The highest BCUT2D eigenvalue weighted by atomic mass is 32.1. The molecule has 5 rings (SSSR count). The van der Waals surface area contributed by atoms with Crippen LogP contribution in [0.3, 0.4) is 0 Å². The number of carbonyl (C=O) groups excluding carboxylic acids is 1. The van der Waals surface area contributed by atoms with Crippen molar-refractivity contribution in [3.8, 4) is 10.7 Å². The van der Waals surface area contributed by atoms with Crippen molar-refractivity contribution in [3.05, 3.63) is 94.2 Å². The van der Waals surface area contributed by atoms with E-state index in [0.29, 0.717) is 34.7 Å². The van der Waals surface area contributed by atoms with Gasteiger partial charge in [-0.2, -0.15) is 4.98 Å². The van der Waals surface area contributed by atoms with Crippen molar-refractivity contribution in [2.75, 3.05) is 5.32 Å². The molecule has 3 heterocycles. The lowest BCUT2D eigenvalue weighted by molar-refractivity contribution is -0.116. The average Bonchev–Trinajstić information content (AvgIpc) is 3.52. The molecule has 8 nitrogen and oxygen atoms in total. The Morgan fingerprint density at radius 1 is 1.06 bits per heavy atom. The van der Waals surface area contributed by atoms with Gasteiger partial charge < -0.3 is 9.84 Å².